The highest BCUT2D eigenvalue weighted by molar-refractivity contribution is 6.36. The van der Waals surface area contributed by atoms with E-state index in [4.69, 9.17) is 23.2 Å². The molecule has 0 aliphatic rings. The molecule has 0 bridgehead atoms. The second-order valence-electron chi connectivity index (χ2n) is 5.27. The molecule has 122 valence electrons. The SMILES string of the molecule is CCCC(C)Nc1nccc(-c2ccc(Cl)cc2Cl)c1[N+](=O)[O-]. The fourth-order valence-corrected chi connectivity index (χ4v) is 2.92. The van der Waals surface area contributed by atoms with Crippen LogP contribution in [0.1, 0.15) is 26.7 Å². The van der Waals surface area contributed by atoms with Crippen molar-refractivity contribution in [1.29, 1.82) is 0 Å². The van der Waals surface area contributed by atoms with E-state index in [-0.39, 0.29) is 17.5 Å². The first kappa shape index (κ1) is 17.5. The Morgan fingerprint density at radius 3 is 2.65 bits per heavy atom. The highest BCUT2D eigenvalue weighted by atomic mass is 35.5. The molecule has 0 spiro atoms. The summed E-state index contributed by atoms with van der Waals surface area (Å²) in [6, 6.07) is 6.56. The van der Waals surface area contributed by atoms with Crippen molar-refractivity contribution < 1.29 is 4.92 Å². The molecule has 0 amide bonds. The Bertz CT molecular complexity index is 722. The third-order valence-electron chi connectivity index (χ3n) is 3.43. The molecule has 0 fully saturated rings. The van der Waals surface area contributed by atoms with Gasteiger partial charge in [0.05, 0.1) is 15.5 Å². The molecule has 2 rings (SSSR count). The standard InChI is InChI=1S/C16H17Cl2N3O2/c1-3-4-10(2)20-16-15(21(22)23)13(7-8-19-16)12-6-5-11(17)9-14(12)18/h5-10H,3-4H2,1-2H3,(H,19,20). The minimum Gasteiger partial charge on any atom is -0.362 e. The first-order valence-corrected chi connectivity index (χ1v) is 8.05. The summed E-state index contributed by atoms with van der Waals surface area (Å²) >= 11 is 12.1. The van der Waals surface area contributed by atoms with Gasteiger partial charge < -0.3 is 5.32 Å². The molecule has 1 aromatic heterocycles. The van der Waals surface area contributed by atoms with Crippen LogP contribution in [0.25, 0.3) is 11.1 Å². The Balaban J connectivity index is 2.54. The van der Waals surface area contributed by atoms with Crippen LogP contribution in [0, 0.1) is 10.1 Å². The van der Waals surface area contributed by atoms with Crippen molar-refractivity contribution in [2.75, 3.05) is 5.32 Å². The van der Waals surface area contributed by atoms with Crippen molar-refractivity contribution in [2.24, 2.45) is 0 Å². The number of nitro groups is 1. The van der Waals surface area contributed by atoms with Crippen molar-refractivity contribution in [3.8, 4) is 11.1 Å². The van der Waals surface area contributed by atoms with Crippen molar-refractivity contribution in [1.82, 2.24) is 4.98 Å². The van der Waals surface area contributed by atoms with Crippen LogP contribution in [0.2, 0.25) is 10.0 Å². The summed E-state index contributed by atoms with van der Waals surface area (Å²) in [5.41, 5.74) is 0.883. The number of nitrogens with one attached hydrogen (secondary N) is 1. The molecule has 1 aromatic carbocycles. The number of halogens is 2. The highest BCUT2D eigenvalue weighted by Gasteiger charge is 2.24. The molecular formula is C16H17Cl2N3O2. The van der Waals surface area contributed by atoms with E-state index in [9.17, 15) is 10.1 Å². The molecule has 0 aliphatic carbocycles. The van der Waals surface area contributed by atoms with E-state index < -0.39 is 4.92 Å². The molecular weight excluding hydrogens is 337 g/mol. The van der Waals surface area contributed by atoms with Crippen LogP contribution >= 0.6 is 23.2 Å². The van der Waals surface area contributed by atoms with E-state index in [1.54, 1.807) is 24.3 Å². The maximum absolute atomic E-state index is 11.6. The largest absolute Gasteiger partial charge is 0.362 e. The Morgan fingerprint density at radius 2 is 2.04 bits per heavy atom. The quantitative estimate of drug-likeness (QED) is 0.544. The van der Waals surface area contributed by atoms with E-state index in [1.807, 2.05) is 6.92 Å². The summed E-state index contributed by atoms with van der Waals surface area (Å²) in [5, 5.41) is 15.5. The van der Waals surface area contributed by atoms with Gasteiger partial charge in [-0.3, -0.25) is 10.1 Å². The molecule has 2 aromatic rings. The van der Waals surface area contributed by atoms with Crippen LogP contribution in [-0.2, 0) is 0 Å². The van der Waals surface area contributed by atoms with E-state index in [0.29, 0.717) is 21.2 Å². The zero-order valence-corrected chi connectivity index (χ0v) is 14.4. The maximum Gasteiger partial charge on any atom is 0.319 e. The number of hydrogen-bond donors (Lipinski definition) is 1. The summed E-state index contributed by atoms with van der Waals surface area (Å²) in [6.07, 6.45) is 3.41. The van der Waals surface area contributed by atoms with Crippen LogP contribution in [0.5, 0.6) is 0 Å². The first-order chi connectivity index (χ1) is 10.9. The van der Waals surface area contributed by atoms with Gasteiger partial charge in [0.1, 0.15) is 0 Å². The van der Waals surface area contributed by atoms with Gasteiger partial charge in [-0.25, -0.2) is 4.98 Å². The molecule has 5 nitrogen and oxygen atoms in total. The molecule has 7 heteroatoms. The zero-order valence-electron chi connectivity index (χ0n) is 12.8. The van der Waals surface area contributed by atoms with Gasteiger partial charge in [0.15, 0.2) is 0 Å². The second-order valence-corrected chi connectivity index (χ2v) is 6.11. The predicted octanol–water partition coefficient (Wildman–Crippen LogP) is 5.56. The lowest BCUT2D eigenvalue weighted by molar-refractivity contribution is -0.383. The molecule has 1 N–H and O–H groups in total. The third-order valence-corrected chi connectivity index (χ3v) is 3.98. The Labute approximate surface area is 144 Å². The van der Waals surface area contributed by atoms with Gasteiger partial charge in [0.25, 0.3) is 0 Å². The minimum absolute atomic E-state index is 0.0836. The van der Waals surface area contributed by atoms with Gasteiger partial charge in [0, 0.05) is 22.8 Å². The Morgan fingerprint density at radius 1 is 1.30 bits per heavy atom. The van der Waals surface area contributed by atoms with E-state index in [2.05, 4.69) is 17.2 Å². The summed E-state index contributed by atoms with van der Waals surface area (Å²) < 4.78 is 0. The molecule has 0 saturated heterocycles. The summed E-state index contributed by atoms with van der Waals surface area (Å²) in [7, 11) is 0. The van der Waals surface area contributed by atoms with Gasteiger partial charge in [-0.2, -0.15) is 0 Å². The molecule has 1 unspecified atom stereocenters. The van der Waals surface area contributed by atoms with Crippen molar-refractivity contribution in [2.45, 2.75) is 32.7 Å². The number of benzene rings is 1. The minimum atomic E-state index is -0.436. The first-order valence-electron chi connectivity index (χ1n) is 7.29. The summed E-state index contributed by atoms with van der Waals surface area (Å²) in [4.78, 5) is 15.3. The fourth-order valence-electron chi connectivity index (χ4n) is 2.41. The number of pyridine rings is 1. The molecule has 1 heterocycles. The molecule has 0 saturated carbocycles. The number of hydrogen-bond acceptors (Lipinski definition) is 4. The van der Waals surface area contributed by atoms with E-state index >= 15 is 0 Å². The Hall–Kier alpha value is -1.85. The lowest BCUT2D eigenvalue weighted by Gasteiger charge is -2.15. The van der Waals surface area contributed by atoms with Gasteiger partial charge in [0.2, 0.25) is 5.82 Å². The number of aromatic nitrogens is 1. The van der Waals surface area contributed by atoms with E-state index in [0.717, 1.165) is 12.8 Å². The van der Waals surface area contributed by atoms with Gasteiger partial charge in [-0.1, -0.05) is 42.6 Å². The Kier molecular flexibility index (Phi) is 5.80. The molecule has 23 heavy (non-hydrogen) atoms. The zero-order chi connectivity index (χ0) is 17.0. The smallest absolute Gasteiger partial charge is 0.319 e. The number of nitrogens with zero attached hydrogens (tertiary/aromatic N) is 2. The van der Waals surface area contributed by atoms with Crippen molar-refractivity contribution in [3.63, 3.8) is 0 Å². The molecule has 1 atom stereocenters. The topological polar surface area (TPSA) is 68.1 Å². The van der Waals surface area contributed by atoms with Gasteiger partial charge in [-0.15, -0.1) is 0 Å². The van der Waals surface area contributed by atoms with Gasteiger partial charge in [-0.05, 0) is 31.5 Å². The lowest BCUT2D eigenvalue weighted by Crippen LogP contribution is -2.16. The van der Waals surface area contributed by atoms with Crippen molar-refractivity contribution >= 4 is 34.7 Å². The van der Waals surface area contributed by atoms with Crippen LogP contribution in [0.4, 0.5) is 11.5 Å². The molecule has 0 aliphatic heterocycles. The molecule has 0 radical (unpaired) electrons. The maximum atomic E-state index is 11.6. The normalized spacial score (nSPS) is 12.0. The van der Waals surface area contributed by atoms with Crippen LogP contribution in [0.3, 0.4) is 0 Å². The summed E-state index contributed by atoms with van der Waals surface area (Å²) in [5.74, 6) is 0.250. The number of anilines is 1. The van der Waals surface area contributed by atoms with Crippen LogP contribution in [-0.4, -0.2) is 15.9 Å². The highest BCUT2D eigenvalue weighted by Crippen LogP contribution is 2.39. The van der Waals surface area contributed by atoms with E-state index in [1.165, 1.54) is 6.20 Å². The van der Waals surface area contributed by atoms with Crippen LogP contribution in [0.15, 0.2) is 30.5 Å². The average Bonchev–Trinajstić information content (AvgIpc) is 2.47. The fraction of sp³-hybridized carbons (Fsp3) is 0.312. The summed E-state index contributed by atoms with van der Waals surface area (Å²) in [6.45, 7) is 4.03. The average molecular weight is 354 g/mol. The third kappa shape index (κ3) is 4.12. The van der Waals surface area contributed by atoms with Gasteiger partial charge >= 0.3 is 5.69 Å². The van der Waals surface area contributed by atoms with Crippen LogP contribution < -0.4 is 5.32 Å². The second kappa shape index (κ2) is 7.62. The predicted molar refractivity (Wildman–Crippen MR) is 94.3 cm³/mol. The number of rotatable bonds is 6. The van der Waals surface area contributed by atoms with Crippen molar-refractivity contribution in [3.05, 3.63) is 50.6 Å². The monoisotopic (exact) mass is 353 g/mol. The lowest BCUT2D eigenvalue weighted by atomic mass is 10.0.